The van der Waals surface area contributed by atoms with E-state index in [4.69, 9.17) is 4.74 Å². The molecule has 2 nitrogen and oxygen atoms in total. The van der Waals surface area contributed by atoms with E-state index in [0.717, 1.165) is 0 Å². The molecule has 86 valence electrons. The minimum absolute atomic E-state index is 0.0180. The van der Waals surface area contributed by atoms with Gasteiger partial charge in [0, 0.05) is 13.5 Å². The molecule has 14 heavy (non-hydrogen) atoms. The summed E-state index contributed by atoms with van der Waals surface area (Å²) in [5.41, 5.74) is 0. The number of alkyl halides is 3. The highest BCUT2D eigenvalue weighted by Crippen LogP contribution is 2.23. The maximum atomic E-state index is 11.7. The van der Waals surface area contributed by atoms with E-state index >= 15 is 0 Å². The number of rotatable bonds is 6. The number of aliphatic hydroxyl groups excluding tert-OH is 1. The Labute approximate surface area is 82.1 Å². The van der Waals surface area contributed by atoms with Gasteiger partial charge in [-0.25, -0.2) is 0 Å². The second-order valence-electron chi connectivity index (χ2n) is 3.43. The standard InChI is InChI=1S/C9H17F3O2/c1-7(14-2)3-4-8(13)5-6-9(10,11)12/h7-8,13H,3-6H2,1-2H3. The van der Waals surface area contributed by atoms with Gasteiger partial charge in [0.1, 0.15) is 0 Å². The van der Waals surface area contributed by atoms with Crippen LogP contribution in [0, 0.1) is 0 Å². The summed E-state index contributed by atoms with van der Waals surface area (Å²) in [5, 5.41) is 9.20. The third kappa shape index (κ3) is 8.31. The lowest BCUT2D eigenvalue weighted by molar-refractivity contribution is -0.140. The van der Waals surface area contributed by atoms with Gasteiger partial charge in [0.25, 0.3) is 0 Å². The molecule has 0 heterocycles. The first-order valence-corrected chi connectivity index (χ1v) is 4.62. The Hall–Kier alpha value is -0.290. The van der Waals surface area contributed by atoms with Gasteiger partial charge in [-0.05, 0) is 26.2 Å². The van der Waals surface area contributed by atoms with Crippen LogP contribution in [0.3, 0.4) is 0 Å². The third-order valence-corrected chi connectivity index (χ3v) is 2.07. The van der Waals surface area contributed by atoms with Crippen LogP contribution in [0.2, 0.25) is 0 Å². The average molecular weight is 214 g/mol. The molecule has 0 saturated carbocycles. The van der Waals surface area contributed by atoms with Crippen molar-refractivity contribution >= 4 is 0 Å². The Kier molecular flexibility index (Phi) is 6.11. The highest BCUT2D eigenvalue weighted by Gasteiger charge is 2.27. The van der Waals surface area contributed by atoms with Crippen molar-refractivity contribution in [1.82, 2.24) is 0 Å². The molecule has 0 amide bonds. The van der Waals surface area contributed by atoms with E-state index in [2.05, 4.69) is 0 Å². The molecule has 2 unspecified atom stereocenters. The summed E-state index contributed by atoms with van der Waals surface area (Å²) in [4.78, 5) is 0. The molecule has 0 aliphatic rings. The third-order valence-electron chi connectivity index (χ3n) is 2.07. The Morgan fingerprint density at radius 3 is 2.21 bits per heavy atom. The van der Waals surface area contributed by atoms with Gasteiger partial charge >= 0.3 is 6.18 Å². The molecular formula is C9H17F3O2. The highest BCUT2D eigenvalue weighted by molar-refractivity contribution is 4.62. The second kappa shape index (κ2) is 6.24. The van der Waals surface area contributed by atoms with E-state index in [9.17, 15) is 18.3 Å². The molecule has 0 radical (unpaired) electrons. The van der Waals surface area contributed by atoms with Crippen molar-refractivity contribution in [3.05, 3.63) is 0 Å². The predicted molar refractivity (Wildman–Crippen MR) is 47.0 cm³/mol. The molecule has 0 aromatic rings. The lowest BCUT2D eigenvalue weighted by atomic mass is 10.1. The molecule has 1 N–H and O–H groups in total. The summed E-state index contributed by atoms with van der Waals surface area (Å²) in [5.74, 6) is 0. The van der Waals surface area contributed by atoms with Crippen molar-refractivity contribution in [2.75, 3.05) is 7.11 Å². The quantitative estimate of drug-likeness (QED) is 0.736. The molecule has 0 rings (SSSR count). The fraction of sp³-hybridized carbons (Fsp3) is 1.00. The van der Waals surface area contributed by atoms with Crippen LogP contribution in [0.1, 0.15) is 32.6 Å². The number of hydrogen-bond donors (Lipinski definition) is 1. The predicted octanol–water partition coefficient (Wildman–Crippen LogP) is 2.50. The van der Waals surface area contributed by atoms with E-state index in [1.54, 1.807) is 0 Å². The SMILES string of the molecule is COC(C)CCC(O)CCC(F)(F)F. The summed E-state index contributed by atoms with van der Waals surface area (Å²) in [7, 11) is 1.53. The van der Waals surface area contributed by atoms with E-state index in [1.807, 2.05) is 6.92 Å². The smallest absolute Gasteiger partial charge is 0.389 e. The van der Waals surface area contributed by atoms with E-state index in [0.29, 0.717) is 12.8 Å². The zero-order chi connectivity index (χ0) is 11.2. The molecule has 0 aromatic carbocycles. The number of hydrogen-bond acceptors (Lipinski definition) is 2. The highest BCUT2D eigenvalue weighted by atomic mass is 19.4. The number of halogens is 3. The van der Waals surface area contributed by atoms with Crippen LogP contribution in [-0.2, 0) is 4.74 Å². The van der Waals surface area contributed by atoms with Crippen LogP contribution in [-0.4, -0.2) is 30.6 Å². The molecule has 0 aromatic heterocycles. The number of aliphatic hydroxyl groups is 1. The zero-order valence-corrected chi connectivity index (χ0v) is 8.47. The van der Waals surface area contributed by atoms with Gasteiger partial charge < -0.3 is 9.84 Å². The summed E-state index contributed by atoms with van der Waals surface area (Å²) in [6.07, 6.45) is -5.28. The molecular weight excluding hydrogens is 197 g/mol. The van der Waals surface area contributed by atoms with Gasteiger partial charge in [0.05, 0.1) is 12.2 Å². The van der Waals surface area contributed by atoms with E-state index in [1.165, 1.54) is 7.11 Å². The number of methoxy groups -OCH3 is 1. The van der Waals surface area contributed by atoms with Crippen LogP contribution in [0.15, 0.2) is 0 Å². The molecule has 0 bridgehead atoms. The molecule has 5 heteroatoms. The second-order valence-corrected chi connectivity index (χ2v) is 3.43. The maximum absolute atomic E-state index is 11.7. The Morgan fingerprint density at radius 2 is 1.79 bits per heavy atom. The lowest BCUT2D eigenvalue weighted by Crippen LogP contribution is -2.16. The van der Waals surface area contributed by atoms with Crippen LogP contribution >= 0.6 is 0 Å². The zero-order valence-electron chi connectivity index (χ0n) is 8.47. The first kappa shape index (κ1) is 13.7. The molecule has 0 spiro atoms. The van der Waals surface area contributed by atoms with Gasteiger partial charge in [-0.3, -0.25) is 0 Å². The minimum atomic E-state index is -4.17. The molecule has 0 aliphatic heterocycles. The van der Waals surface area contributed by atoms with Crippen molar-refractivity contribution < 1.29 is 23.0 Å². The van der Waals surface area contributed by atoms with Gasteiger partial charge in [-0.1, -0.05) is 0 Å². The summed E-state index contributed by atoms with van der Waals surface area (Å²) in [6, 6.07) is 0. The summed E-state index contributed by atoms with van der Waals surface area (Å²) in [6.45, 7) is 1.82. The van der Waals surface area contributed by atoms with E-state index < -0.39 is 18.7 Å². The van der Waals surface area contributed by atoms with Crippen LogP contribution in [0.5, 0.6) is 0 Å². The Bertz CT molecular complexity index is 147. The topological polar surface area (TPSA) is 29.5 Å². The Balaban J connectivity index is 3.51. The van der Waals surface area contributed by atoms with Crippen LogP contribution in [0.25, 0.3) is 0 Å². The fourth-order valence-electron chi connectivity index (χ4n) is 1.02. The van der Waals surface area contributed by atoms with Gasteiger partial charge in [0.15, 0.2) is 0 Å². The van der Waals surface area contributed by atoms with Crippen molar-refractivity contribution in [3.63, 3.8) is 0 Å². The van der Waals surface area contributed by atoms with Crippen molar-refractivity contribution in [1.29, 1.82) is 0 Å². The first-order chi connectivity index (χ1) is 6.35. The maximum Gasteiger partial charge on any atom is 0.389 e. The fourth-order valence-corrected chi connectivity index (χ4v) is 1.02. The minimum Gasteiger partial charge on any atom is -0.393 e. The molecule has 0 fully saturated rings. The van der Waals surface area contributed by atoms with Crippen molar-refractivity contribution in [3.8, 4) is 0 Å². The van der Waals surface area contributed by atoms with Gasteiger partial charge in [-0.15, -0.1) is 0 Å². The van der Waals surface area contributed by atoms with Gasteiger partial charge in [0.2, 0.25) is 0 Å². The molecule has 2 atom stereocenters. The summed E-state index contributed by atoms with van der Waals surface area (Å²) >= 11 is 0. The summed E-state index contributed by atoms with van der Waals surface area (Å²) < 4.78 is 40.1. The van der Waals surface area contributed by atoms with E-state index in [-0.39, 0.29) is 12.5 Å². The lowest BCUT2D eigenvalue weighted by Gasteiger charge is -2.14. The van der Waals surface area contributed by atoms with Crippen LogP contribution in [0.4, 0.5) is 13.2 Å². The van der Waals surface area contributed by atoms with Crippen molar-refractivity contribution in [2.45, 2.75) is 51.0 Å². The van der Waals surface area contributed by atoms with Crippen LogP contribution < -0.4 is 0 Å². The van der Waals surface area contributed by atoms with Gasteiger partial charge in [-0.2, -0.15) is 13.2 Å². The molecule has 0 saturated heterocycles. The number of ether oxygens (including phenoxy) is 1. The normalized spacial score (nSPS) is 16.7. The average Bonchev–Trinajstić information content (AvgIpc) is 2.09. The monoisotopic (exact) mass is 214 g/mol. The molecule has 0 aliphatic carbocycles. The van der Waals surface area contributed by atoms with Crippen molar-refractivity contribution in [2.24, 2.45) is 0 Å². The first-order valence-electron chi connectivity index (χ1n) is 4.62. The Morgan fingerprint density at radius 1 is 1.21 bits per heavy atom. The largest absolute Gasteiger partial charge is 0.393 e.